The third kappa shape index (κ3) is 6.34. The smallest absolute Gasteiger partial charge is 0.248 e. The van der Waals surface area contributed by atoms with Crippen LogP contribution < -0.4 is 5.32 Å². The van der Waals surface area contributed by atoms with Crippen molar-refractivity contribution in [2.45, 2.75) is 13.0 Å². The topological polar surface area (TPSA) is 86.6 Å². The van der Waals surface area contributed by atoms with Crippen LogP contribution in [0, 0.1) is 0 Å². The first-order valence-electron chi connectivity index (χ1n) is 3.58. The lowest BCUT2D eigenvalue weighted by Crippen LogP contribution is -2.34. The second-order valence-electron chi connectivity index (χ2n) is 2.74. The minimum Gasteiger partial charge on any atom is -0.384 e. The zero-order chi connectivity index (χ0) is 9.78. The molecule has 0 saturated carbocycles. The van der Waals surface area contributed by atoms with E-state index in [1.54, 1.807) is 0 Å². The Kier molecular flexibility index (Phi) is 4.45. The molecule has 0 saturated heterocycles. The molecule has 0 aromatic heterocycles. The molecule has 3 N–H and O–H groups in total. The van der Waals surface area contributed by atoms with Gasteiger partial charge in [0.15, 0.2) is 7.37 Å². The molecule has 0 aliphatic carbocycles. The van der Waals surface area contributed by atoms with Crippen LogP contribution in [-0.2, 0) is 9.36 Å². The summed E-state index contributed by atoms with van der Waals surface area (Å²) in [5.41, 5.74) is 0. The molecule has 6 heteroatoms. The minimum absolute atomic E-state index is 0.0332. The zero-order valence-electron chi connectivity index (χ0n) is 7.15. The number of aliphatic hydroxyl groups excluding tert-OH is 1. The molecule has 12 heavy (non-hydrogen) atoms. The van der Waals surface area contributed by atoms with Gasteiger partial charge in [0.05, 0.1) is 0 Å². The first kappa shape index (κ1) is 11.6. The summed E-state index contributed by atoms with van der Waals surface area (Å²) in [4.78, 5) is 19.5. The van der Waals surface area contributed by atoms with Gasteiger partial charge in [-0.25, -0.2) is 0 Å². The lowest BCUT2D eigenvalue weighted by Gasteiger charge is -2.08. The number of rotatable bonds is 4. The summed E-state index contributed by atoms with van der Waals surface area (Å²) < 4.78 is 10.7. The van der Waals surface area contributed by atoms with E-state index in [4.69, 9.17) is 10.00 Å². The molecular formula is C6H14NO4P. The number of aliphatic hydroxyl groups is 1. The summed E-state index contributed by atoms with van der Waals surface area (Å²) in [6, 6.07) is 0. The quantitative estimate of drug-likeness (QED) is 0.522. The number of hydrogen-bond donors (Lipinski definition) is 3. The van der Waals surface area contributed by atoms with Crippen molar-refractivity contribution in [3.05, 3.63) is 0 Å². The van der Waals surface area contributed by atoms with Crippen LogP contribution in [0.25, 0.3) is 0 Å². The molecule has 5 nitrogen and oxygen atoms in total. The van der Waals surface area contributed by atoms with Crippen molar-refractivity contribution in [3.63, 3.8) is 0 Å². The molecule has 0 aromatic rings. The van der Waals surface area contributed by atoms with Gasteiger partial charge in [0, 0.05) is 19.4 Å². The first-order chi connectivity index (χ1) is 5.33. The van der Waals surface area contributed by atoms with E-state index in [0.717, 1.165) is 0 Å². The van der Waals surface area contributed by atoms with Crippen LogP contribution in [0.1, 0.15) is 6.92 Å². The highest BCUT2D eigenvalue weighted by molar-refractivity contribution is 7.57. The predicted molar refractivity (Wildman–Crippen MR) is 45.3 cm³/mol. The molecule has 0 aromatic carbocycles. The summed E-state index contributed by atoms with van der Waals surface area (Å²) in [6.45, 7) is 2.68. The van der Waals surface area contributed by atoms with Crippen molar-refractivity contribution in [2.24, 2.45) is 0 Å². The minimum atomic E-state index is -3.05. The van der Waals surface area contributed by atoms with E-state index >= 15 is 0 Å². The maximum absolute atomic E-state index is 10.7. The molecule has 0 radical (unpaired) electrons. The monoisotopic (exact) mass is 195 g/mol. The fraction of sp³-hybridized carbons (Fsp3) is 0.833. The molecule has 0 rings (SSSR count). The Morgan fingerprint density at radius 2 is 2.17 bits per heavy atom. The van der Waals surface area contributed by atoms with Gasteiger partial charge in [-0.15, -0.1) is 0 Å². The second kappa shape index (κ2) is 4.60. The number of carbonyl (C=O) groups excluding carboxylic acids is 1. The fourth-order valence-corrected chi connectivity index (χ4v) is 1.06. The van der Waals surface area contributed by atoms with Crippen molar-refractivity contribution in [2.75, 3.05) is 19.4 Å². The van der Waals surface area contributed by atoms with Gasteiger partial charge in [-0.1, -0.05) is 0 Å². The maximum atomic E-state index is 10.7. The number of nitrogens with one attached hydrogen (secondary N) is 1. The van der Waals surface area contributed by atoms with Gasteiger partial charge in [0.2, 0.25) is 5.91 Å². The average Bonchev–Trinajstić information content (AvgIpc) is 1.84. The van der Waals surface area contributed by atoms with E-state index in [-0.39, 0.29) is 12.7 Å². The lowest BCUT2D eigenvalue weighted by molar-refractivity contribution is -0.128. The Labute approximate surface area is 71.2 Å². The lowest BCUT2D eigenvalue weighted by atomic mass is 10.4. The molecule has 0 bridgehead atoms. The van der Waals surface area contributed by atoms with Gasteiger partial charge in [0.25, 0.3) is 0 Å². The van der Waals surface area contributed by atoms with Crippen LogP contribution in [0.3, 0.4) is 0 Å². The van der Waals surface area contributed by atoms with E-state index in [9.17, 15) is 9.36 Å². The largest absolute Gasteiger partial charge is 0.384 e. The van der Waals surface area contributed by atoms with Crippen molar-refractivity contribution in [3.8, 4) is 0 Å². The van der Waals surface area contributed by atoms with Crippen molar-refractivity contribution in [1.82, 2.24) is 5.32 Å². The van der Waals surface area contributed by atoms with E-state index in [1.807, 2.05) is 0 Å². The SMILES string of the molecule is C[C@H](O)C(=O)NCCP(C)(=O)O. The van der Waals surface area contributed by atoms with Gasteiger partial charge in [-0.3, -0.25) is 9.36 Å². The number of carbonyl (C=O) groups is 1. The summed E-state index contributed by atoms with van der Waals surface area (Å²) >= 11 is 0. The average molecular weight is 195 g/mol. The van der Waals surface area contributed by atoms with Crippen LogP contribution in [0.2, 0.25) is 0 Å². The van der Waals surface area contributed by atoms with Crippen LogP contribution in [-0.4, -0.2) is 41.4 Å². The molecule has 72 valence electrons. The zero-order valence-corrected chi connectivity index (χ0v) is 8.04. The van der Waals surface area contributed by atoms with E-state index in [1.165, 1.54) is 13.6 Å². The van der Waals surface area contributed by atoms with E-state index in [0.29, 0.717) is 0 Å². The normalized spacial score (nSPS) is 18.0. The van der Waals surface area contributed by atoms with Gasteiger partial charge in [-0.2, -0.15) is 0 Å². The molecule has 0 heterocycles. The summed E-state index contributed by atoms with van der Waals surface area (Å²) in [5, 5.41) is 11.0. The molecule has 0 aliphatic heterocycles. The van der Waals surface area contributed by atoms with Gasteiger partial charge in [-0.05, 0) is 6.92 Å². The van der Waals surface area contributed by atoms with E-state index < -0.39 is 19.4 Å². The van der Waals surface area contributed by atoms with Crippen LogP contribution in [0.15, 0.2) is 0 Å². The molecule has 1 unspecified atom stereocenters. The Morgan fingerprint density at radius 3 is 2.50 bits per heavy atom. The molecule has 0 aliphatic rings. The summed E-state index contributed by atoms with van der Waals surface area (Å²) in [7, 11) is -3.05. The van der Waals surface area contributed by atoms with E-state index in [2.05, 4.69) is 5.32 Å². The highest BCUT2D eigenvalue weighted by atomic mass is 31.2. The second-order valence-corrected chi connectivity index (χ2v) is 5.29. The Balaban J connectivity index is 3.58. The highest BCUT2D eigenvalue weighted by Gasteiger charge is 2.11. The third-order valence-corrected chi connectivity index (χ3v) is 2.26. The van der Waals surface area contributed by atoms with Gasteiger partial charge < -0.3 is 15.3 Å². The third-order valence-electron chi connectivity index (χ3n) is 1.21. The molecular weight excluding hydrogens is 181 g/mol. The number of hydrogen-bond acceptors (Lipinski definition) is 3. The van der Waals surface area contributed by atoms with Crippen LogP contribution >= 0.6 is 7.37 Å². The Hall–Kier alpha value is -0.380. The van der Waals surface area contributed by atoms with Crippen molar-refractivity contribution < 1.29 is 19.4 Å². The van der Waals surface area contributed by atoms with Crippen molar-refractivity contribution >= 4 is 13.3 Å². The molecule has 0 spiro atoms. The first-order valence-corrected chi connectivity index (χ1v) is 5.87. The van der Waals surface area contributed by atoms with Crippen molar-refractivity contribution in [1.29, 1.82) is 0 Å². The summed E-state index contributed by atoms with van der Waals surface area (Å²) in [5.74, 6) is -0.525. The fourth-order valence-electron chi connectivity index (χ4n) is 0.534. The standard InChI is InChI=1S/C6H14NO4P/c1-5(8)6(9)7-3-4-12(2,10)11/h5,8H,3-4H2,1-2H3,(H,7,9)(H,10,11)/t5-/m0/s1. The highest BCUT2D eigenvalue weighted by Crippen LogP contribution is 2.33. The maximum Gasteiger partial charge on any atom is 0.248 e. The van der Waals surface area contributed by atoms with Crippen LogP contribution in [0.5, 0.6) is 0 Å². The number of amides is 1. The van der Waals surface area contributed by atoms with Crippen LogP contribution in [0.4, 0.5) is 0 Å². The molecule has 0 fully saturated rings. The molecule has 2 atom stereocenters. The van der Waals surface area contributed by atoms with Gasteiger partial charge >= 0.3 is 0 Å². The Morgan fingerprint density at radius 1 is 1.67 bits per heavy atom. The molecule has 1 amide bonds. The Bertz CT molecular complexity index is 198. The summed E-state index contributed by atoms with van der Waals surface area (Å²) in [6.07, 6.45) is -1.04. The van der Waals surface area contributed by atoms with Gasteiger partial charge in [0.1, 0.15) is 6.10 Å². The predicted octanol–water partition coefficient (Wildman–Crippen LogP) is -0.616.